The van der Waals surface area contributed by atoms with Crippen LogP contribution in [-0.2, 0) is 9.59 Å². The first-order chi connectivity index (χ1) is 14.9. The Hall–Kier alpha value is -3.38. The summed E-state index contributed by atoms with van der Waals surface area (Å²) in [5.74, 6) is 0.433. The van der Waals surface area contributed by atoms with Crippen molar-refractivity contribution in [3.8, 4) is 5.75 Å². The number of hydrogen-bond donors (Lipinski definition) is 1. The molecule has 0 bridgehead atoms. The number of likely N-dealkylation sites (N-methyl/N-ethyl adjacent to an activating group) is 2. The highest BCUT2D eigenvalue weighted by Gasteiger charge is 2.26. The van der Waals surface area contributed by atoms with E-state index in [1.54, 1.807) is 36.1 Å². The molecular formula is C25H29N3O3. The number of carbonyl (C=O) groups is 2. The number of anilines is 2. The molecule has 162 valence electrons. The van der Waals surface area contributed by atoms with E-state index in [1.807, 2.05) is 68.4 Å². The van der Waals surface area contributed by atoms with Gasteiger partial charge >= 0.3 is 0 Å². The molecular weight excluding hydrogens is 390 g/mol. The van der Waals surface area contributed by atoms with Gasteiger partial charge in [-0.1, -0.05) is 42.5 Å². The normalized spacial score (nSPS) is 11.9. The number of nitrogens with zero attached hydrogens (tertiary/aromatic N) is 2. The number of carbonyl (C=O) groups excluding carboxylic acids is 2. The van der Waals surface area contributed by atoms with Gasteiger partial charge in [0.2, 0.25) is 11.8 Å². The van der Waals surface area contributed by atoms with Gasteiger partial charge in [-0.2, -0.15) is 0 Å². The number of hydrogen-bond acceptors (Lipinski definition) is 4. The predicted molar refractivity (Wildman–Crippen MR) is 126 cm³/mol. The fourth-order valence-corrected chi connectivity index (χ4v) is 3.57. The smallest absolute Gasteiger partial charge is 0.244 e. The number of nitrogens with one attached hydrogen (secondary N) is 1. The summed E-state index contributed by atoms with van der Waals surface area (Å²) >= 11 is 0. The lowest BCUT2D eigenvalue weighted by molar-refractivity contribution is -0.124. The lowest BCUT2D eigenvalue weighted by Crippen LogP contribution is -2.48. The molecule has 0 saturated heterocycles. The minimum Gasteiger partial charge on any atom is -0.497 e. The maximum atomic E-state index is 13.3. The van der Waals surface area contributed by atoms with E-state index in [2.05, 4.69) is 5.32 Å². The number of fused-ring (bicyclic) bond motifs is 1. The van der Waals surface area contributed by atoms with Crippen molar-refractivity contribution >= 4 is 34.0 Å². The Balaban J connectivity index is 1.70. The molecule has 3 rings (SSSR count). The van der Waals surface area contributed by atoms with Crippen molar-refractivity contribution in [2.75, 3.05) is 37.5 Å². The van der Waals surface area contributed by atoms with Crippen molar-refractivity contribution in [3.05, 3.63) is 66.7 Å². The Morgan fingerprint density at radius 3 is 2.48 bits per heavy atom. The molecule has 0 radical (unpaired) electrons. The maximum absolute atomic E-state index is 13.3. The van der Waals surface area contributed by atoms with Crippen molar-refractivity contribution in [1.82, 2.24) is 4.90 Å². The van der Waals surface area contributed by atoms with Crippen molar-refractivity contribution < 1.29 is 14.3 Å². The lowest BCUT2D eigenvalue weighted by Gasteiger charge is -2.30. The van der Waals surface area contributed by atoms with Gasteiger partial charge in [-0.25, -0.2) is 0 Å². The van der Waals surface area contributed by atoms with E-state index < -0.39 is 6.04 Å². The first-order valence-electron chi connectivity index (χ1n) is 10.4. The van der Waals surface area contributed by atoms with Gasteiger partial charge in [-0.15, -0.1) is 0 Å². The SMILES string of the molecule is CCN(C(=O)[C@@H](C)N(C)CC(=O)Nc1cccc(OC)c1)c1cccc2ccccc12. The first kappa shape index (κ1) is 22.3. The summed E-state index contributed by atoms with van der Waals surface area (Å²) in [6.07, 6.45) is 0. The topological polar surface area (TPSA) is 61.9 Å². The van der Waals surface area contributed by atoms with Crippen LogP contribution in [0.4, 0.5) is 11.4 Å². The molecule has 0 aliphatic carbocycles. The zero-order valence-corrected chi connectivity index (χ0v) is 18.5. The highest BCUT2D eigenvalue weighted by molar-refractivity contribution is 6.05. The Morgan fingerprint density at radius 2 is 1.74 bits per heavy atom. The Kier molecular flexibility index (Phi) is 7.26. The molecule has 1 atom stereocenters. The second-order valence-electron chi connectivity index (χ2n) is 7.45. The molecule has 0 fully saturated rings. The van der Waals surface area contributed by atoms with Gasteiger partial charge in [0.15, 0.2) is 0 Å². The van der Waals surface area contributed by atoms with Crippen molar-refractivity contribution in [3.63, 3.8) is 0 Å². The van der Waals surface area contributed by atoms with Gasteiger partial charge < -0.3 is 15.0 Å². The van der Waals surface area contributed by atoms with E-state index in [0.29, 0.717) is 18.0 Å². The standard InChI is InChI=1S/C25H29N3O3/c1-5-28(23-15-8-11-19-10-6-7-14-22(19)23)25(30)18(2)27(3)17-24(29)26-20-12-9-13-21(16-20)31-4/h6-16,18H,5,17H2,1-4H3,(H,26,29)/t18-/m1/s1. The summed E-state index contributed by atoms with van der Waals surface area (Å²) < 4.78 is 5.19. The quantitative estimate of drug-likeness (QED) is 0.596. The van der Waals surface area contributed by atoms with Crippen LogP contribution in [0.25, 0.3) is 10.8 Å². The predicted octanol–water partition coefficient (Wildman–Crippen LogP) is 4.16. The second kappa shape index (κ2) is 10.1. The van der Waals surface area contributed by atoms with E-state index in [9.17, 15) is 9.59 Å². The fourth-order valence-electron chi connectivity index (χ4n) is 3.57. The minimum atomic E-state index is -0.463. The highest BCUT2D eigenvalue weighted by Crippen LogP contribution is 2.27. The van der Waals surface area contributed by atoms with Crippen molar-refractivity contribution in [1.29, 1.82) is 0 Å². The minimum absolute atomic E-state index is 0.0458. The third-order valence-electron chi connectivity index (χ3n) is 5.40. The van der Waals surface area contributed by atoms with Crippen LogP contribution in [0.1, 0.15) is 13.8 Å². The summed E-state index contributed by atoms with van der Waals surface area (Å²) in [6.45, 7) is 4.43. The van der Waals surface area contributed by atoms with Gasteiger partial charge in [-0.05, 0) is 44.5 Å². The average molecular weight is 420 g/mol. The van der Waals surface area contributed by atoms with Gasteiger partial charge in [0.25, 0.3) is 0 Å². The van der Waals surface area contributed by atoms with Gasteiger partial charge in [0.1, 0.15) is 5.75 Å². The number of amides is 2. The van der Waals surface area contributed by atoms with Crippen LogP contribution in [-0.4, -0.2) is 50.0 Å². The Bertz CT molecular complexity index is 1060. The highest BCUT2D eigenvalue weighted by atomic mass is 16.5. The summed E-state index contributed by atoms with van der Waals surface area (Å²) in [4.78, 5) is 29.4. The Labute approximate surface area is 183 Å². The van der Waals surface area contributed by atoms with Crippen LogP contribution in [0.15, 0.2) is 66.7 Å². The molecule has 6 heteroatoms. The molecule has 0 aromatic heterocycles. The van der Waals surface area contributed by atoms with Crippen molar-refractivity contribution in [2.24, 2.45) is 0 Å². The van der Waals surface area contributed by atoms with E-state index in [4.69, 9.17) is 4.74 Å². The summed E-state index contributed by atoms with van der Waals surface area (Å²) in [5, 5.41) is 4.98. The molecule has 3 aromatic carbocycles. The molecule has 3 aromatic rings. The molecule has 0 saturated carbocycles. The zero-order chi connectivity index (χ0) is 22.4. The Morgan fingerprint density at radius 1 is 1.03 bits per heavy atom. The summed E-state index contributed by atoms with van der Waals surface area (Å²) in [6, 6.07) is 20.7. The van der Waals surface area contributed by atoms with Crippen LogP contribution in [0.3, 0.4) is 0 Å². The largest absolute Gasteiger partial charge is 0.497 e. The number of ether oxygens (including phenoxy) is 1. The molecule has 0 aliphatic rings. The van der Waals surface area contributed by atoms with Crippen LogP contribution in [0.5, 0.6) is 5.75 Å². The van der Waals surface area contributed by atoms with Gasteiger partial charge in [0, 0.05) is 23.7 Å². The van der Waals surface area contributed by atoms with Crippen LogP contribution in [0.2, 0.25) is 0 Å². The molecule has 2 amide bonds. The molecule has 0 heterocycles. The molecule has 0 spiro atoms. The van der Waals surface area contributed by atoms with E-state index in [0.717, 1.165) is 16.5 Å². The van der Waals surface area contributed by atoms with Crippen LogP contribution in [0, 0.1) is 0 Å². The molecule has 0 aliphatic heterocycles. The molecule has 31 heavy (non-hydrogen) atoms. The zero-order valence-electron chi connectivity index (χ0n) is 18.5. The average Bonchev–Trinajstić information content (AvgIpc) is 2.79. The third kappa shape index (κ3) is 5.22. The number of benzene rings is 3. The monoisotopic (exact) mass is 419 g/mol. The fraction of sp³-hybridized carbons (Fsp3) is 0.280. The van der Waals surface area contributed by atoms with Crippen LogP contribution < -0.4 is 15.0 Å². The summed E-state index contributed by atoms with van der Waals surface area (Å²) in [5.41, 5.74) is 1.54. The molecule has 0 unspecified atom stereocenters. The van der Waals surface area contributed by atoms with Gasteiger partial charge in [0.05, 0.1) is 25.4 Å². The van der Waals surface area contributed by atoms with Gasteiger partial charge in [-0.3, -0.25) is 14.5 Å². The van der Waals surface area contributed by atoms with E-state index in [-0.39, 0.29) is 18.4 Å². The van der Waals surface area contributed by atoms with E-state index in [1.165, 1.54) is 0 Å². The molecule has 1 N–H and O–H groups in total. The maximum Gasteiger partial charge on any atom is 0.244 e. The number of rotatable bonds is 8. The lowest BCUT2D eigenvalue weighted by atomic mass is 10.1. The second-order valence-corrected chi connectivity index (χ2v) is 7.45. The third-order valence-corrected chi connectivity index (χ3v) is 5.40. The van der Waals surface area contributed by atoms with Crippen LogP contribution >= 0.6 is 0 Å². The van der Waals surface area contributed by atoms with E-state index >= 15 is 0 Å². The number of methoxy groups -OCH3 is 1. The summed E-state index contributed by atoms with van der Waals surface area (Å²) in [7, 11) is 3.36. The first-order valence-corrected chi connectivity index (χ1v) is 10.4. The molecule has 6 nitrogen and oxygen atoms in total. The van der Waals surface area contributed by atoms with Crippen molar-refractivity contribution in [2.45, 2.75) is 19.9 Å².